The minimum atomic E-state index is -0.425. The van der Waals surface area contributed by atoms with Crippen molar-refractivity contribution in [2.75, 3.05) is 13.1 Å². The van der Waals surface area contributed by atoms with Crippen LogP contribution in [0.1, 0.15) is 25.0 Å². The van der Waals surface area contributed by atoms with Crippen LogP contribution in [0.4, 0.5) is 9.18 Å². The summed E-state index contributed by atoms with van der Waals surface area (Å²) in [4.78, 5) is 14.1. The van der Waals surface area contributed by atoms with E-state index in [0.29, 0.717) is 17.9 Å². The van der Waals surface area contributed by atoms with Gasteiger partial charge in [0.1, 0.15) is 24.8 Å². The van der Waals surface area contributed by atoms with Crippen molar-refractivity contribution in [1.82, 2.24) is 10.2 Å². The molecule has 1 heterocycles. The van der Waals surface area contributed by atoms with Gasteiger partial charge >= 0.3 is 6.09 Å². The van der Waals surface area contributed by atoms with Gasteiger partial charge in [0.15, 0.2) is 0 Å². The molecule has 1 saturated heterocycles. The number of amides is 1. The van der Waals surface area contributed by atoms with Crippen LogP contribution in [0.25, 0.3) is 0 Å². The average molecular weight is 409 g/mol. The summed E-state index contributed by atoms with van der Waals surface area (Å²) >= 11 is 0. The number of carbonyl (C=O) groups is 1. The van der Waals surface area contributed by atoms with Crippen molar-refractivity contribution < 1.29 is 18.7 Å². The number of halogens is 2. The first-order chi connectivity index (χ1) is 13.0. The first-order valence-electron chi connectivity index (χ1n) is 9.15. The fraction of sp³-hybridized carbons (Fsp3) is 0.381. The van der Waals surface area contributed by atoms with Crippen LogP contribution in [0.5, 0.6) is 5.75 Å². The maximum absolute atomic E-state index is 14.1. The molecule has 2 atom stereocenters. The maximum atomic E-state index is 14.1. The van der Waals surface area contributed by atoms with Crippen LogP contribution >= 0.6 is 12.4 Å². The van der Waals surface area contributed by atoms with Gasteiger partial charge in [-0.2, -0.15) is 0 Å². The molecule has 0 saturated carbocycles. The zero-order valence-electron chi connectivity index (χ0n) is 16.1. The summed E-state index contributed by atoms with van der Waals surface area (Å²) < 4.78 is 25.2. The summed E-state index contributed by atoms with van der Waals surface area (Å²) in [7, 11) is 0. The van der Waals surface area contributed by atoms with E-state index in [1.165, 1.54) is 6.07 Å². The molecular weight excluding hydrogens is 383 g/mol. The fourth-order valence-corrected chi connectivity index (χ4v) is 3.20. The largest absolute Gasteiger partial charge is 0.489 e. The number of ether oxygens (including phenoxy) is 2. The van der Waals surface area contributed by atoms with Crippen molar-refractivity contribution in [1.29, 1.82) is 0 Å². The summed E-state index contributed by atoms with van der Waals surface area (Å²) in [5, 5.41) is 3.26. The average Bonchev–Trinajstić information content (AvgIpc) is 2.67. The van der Waals surface area contributed by atoms with Gasteiger partial charge in [-0.1, -0.05) is 30.3 Å². The van der Waals surface area contributed by atoms with E-state index >= 15 is 0 Å². The smallest absolute Gasteiger partial charge is 0.410 e. The molecule has 1 aliphatic rings. The molecule has 0 radical (unpaired) electrons. The predicted molar refractivity (Wildman–Crippen MR) is 108 cm³/mol. The highest BCUT2D eigenvalue weighted by Gasteiger charge is 2.30. The van der Waals surface area contributed by atoms with Crippen LogP contribution in [0.3, 0.4) is 0 Å². The van der Waals surface area contributed by atoms with E-state index in [2.05, 4.69) is 5.32 Å². The van der Waals surface area contributed by atoms with E-state index in [1.807, 2.05) is 44.2 Å². The molecule has 0 bridgehead atoms. The number of carbonyl (C=O) groups excluding carboxylic acids is 1. The molecule has 0 aliphatic carbocycles. The van der Waals surface area contributed by atoms with Crippen molar-refractivity contribution in [3.63, 3.8) is 0 Å². The summed E-state index contributed by atoms with van der Waals surface area (Å²) in [6.45, 7) is 5.62. The van der Waals surface area contributed by atoms with Gasteiger partial charge in [-0.05, 0) is 37.6 Å². The van der Waals surface area contributed by atoms with Crippen LogP contribution in [0, 0.1) is 5.82 Å². The third-order valence-electron chi connectivity index (χ3n) is 4.66. The molecule has 3 rings (SSSR count). The molecule has 0 aromatic heterocycles. The van der Waals surface area contributed by atoms with E-state index in [1.54, 1.807) is 17.0 Å². The van der Waals surface area contributed by atoms with Crippen molar-refractivity contribution in [2.24, 2.45) is 0 Å². The first kappa shape index (κ1) is 22.0. The van der Waals surface area contributed by atoms with Gasteiger partial charge < -0.3 is 19.7 Å². The van der Waals surface area contributed by atoms with Crippen LogP contribution in [-0.2, 0) is 18.0 Å². The number of piperazine rings is 1. The Balaban J connectivity index is 0.00000280. The molecule has 2 unspecified atom stereocenters. The topological polar surface area (TPSA) is 50.8 Å². The van der Waals surface area contributed by atoms with Crippen LogP contribution in [-0.4, -0.2) is 36.2 Å². The number of hydrogen-bond donors (Lipinski definition) is 1. The van der Waals surface area contributed by atoms with E-state index < -0.39 is 11.9 Å². The van der Waals surface area contributed by atoms with E-state index in [-0.39, 0.29) is 31.1 Å². The fourth-order valence-electron chi connectivity index (χ4n) is 3.20. The molecule has 7 heteroatoms. The Labute approximate surface area is 171 Å². The summed E-state index contributed by atoms with van der Waals surface area (Å²) in [5.74, 6) is 0.117. The second kappa shape index (κ2) is 10.3. The molecule has 1 aliphatic heterocycles. The lowest BCUT2D eigenvalue weighted by atomic mass is 10.1. The highest BCUT2D eigenvalue weighted by atomic mass is 35.5. The highest BCUT2D eigenvalue weighted by Crippen LogP contribution is 2.20. The van der Waals surface area contributed by atoms with Gasteiger partial charge in [0.25, 0.3) is 0 Å². The molecule has 1 amide bonds. The molecule has 152 valence electrons. The van der Waals surface area contributed by atoms with Crippen molar-refractivity contribution >= 4 is 18.5 Å². The molecule has 2 aromatic rings. The van der Waals surface area contributed by atoms with Gasteiger partial charge in [0.05, 0.1) is 0 Å². The molecule has 28 heavy (non-hydrogen) atoms. The van der Waals surface area contributed by atoms with Crippen molar-refractivity contribution in [3.8, 4) is 5.75 Å². The van der Waals surface area contributed by atoms with Gasteiger partial charge in [-0.3, -0.25) is 0 Å². The quantitative estimate of drug-likeness (QED) is 0.807. The Morgan fingerprint density at radius 2 is 1.79 bits per heavy atom. The number of benzene rings is 2. The number of rotatable bonds is 5. The number of nitrogens with one attached hydrogen (secondary N) is 1. The molecule has 1 N–H and O–H groups in total. The SMILES string of the molecule is CC1CNCC(C)N1C(=O)OCc1cc(OCc2ccccc2)ccc1F.Cl. The standard InChI is InChI=1S/C21H25FN2O3.ClH/c1-15-11-23-12-16(2)24(15)21(25)27-14-18-10-19(8-9-20(18)22)26-13-17-6-4-3-5-7-17;/h3-10,15-16,23H,11-14H2,1-2H3;1H. The molecule has 2 aromatic carbocycles. The molecule has 1 fully saturated rings. The lowest BCUT2D eigenvalue weighted by Crippen LogP contribution is -2.57. The van der Waals surface area contributed by atoms with Gasteiger partial charge in [-0.15, -0.1) is 12.4 Å². The number of hydrogen-bond acceptors (Lipinski definition) is 4. The second-order valence-corrected chi connectivity index (χ2v) is 6.85. The summed E-state index contributed by atoms with van der Waals surface area (Å²) in [5.41, 5.74) is 1.32. The first-order valence-corrected chi connectivity index (χ1v) is 9.15. The minimum Gasteiger partial charge on any atom is -0.489 e. The zero-order chi connectivity index (χ0) is 19.2. The van der Waals surface area contributed by atoms with Gasteiger partial charge in [0, 0.05) is 30.7 Å². The molecule has 0 spiro atoms. The maximum Gasteiger partial charge on any atom is 0.410 e. The van der Waals surface area contributed by atoms with Crippen molar-refractivity contribution in [2.45, 2.75) is 39.1 Å². The second-order valence-electron chi connectivity index (χ2n) is 6.85. The number of nitrogens with zero attached hydrogens (tertiary/aromatic N) is 1. The van der Waals surface area contributed by atoms with E-state index in [9.17, 15) is 9.18 Å². The lowest BCUT2D eigenvalue weighted by molar-refractivity contribution is 0.0557. The highest BCUT2D eigenvalue weighted by molar-refractivity contribution is 5.85. The van der Waals surface area contributed by atoms with Crippen molar-refractivity contribution in [3.05, 3.63) is 65.5 Å². The summed E-state index contributed by atoms with van der Waals surface area (Å²) in [6, 6.07) is 14.3. The zero-order valence-corrected chi connectivity index (χ0v) is 16.9. The summed E-state index contributed by atoms with van der Waals surface area (Å²) in [6.07, 6.45) is -0.425. The van der Waals surface area contributed by atoms with Gasteiger partial charge in [-0.25, -0.2) is 9.18 Å². The molecular formula is C21H26ClFN2O3. The van der Waals surface area contributed by atoms with E-state index in [0.717, 1.165) is 18.7 Å². The minimum absolute atomic E-state index is 0. The Kier molecular flexibility index (Phi) is 8.08. The Hall–Kier alpha value is -2.31. The Bertz CT molecular complexity index is 766. The third-order valence-corrected chi connectivity index (χ3v) is 4.66. The van der Waals surface area contributed by atoms with Crippen LogP contribution in [0.2, 0.25) is 0 Å². The lowest BCUT2D eigenvalue weighted by Gasteiger charge is -2.38. The molecule has 5 nitrogen and oxygen atoms in total. The van der Waals surface area contributed by atoms with Gasteiger partial charge in [0.2, 0.25) is 0 Å². The van der Waals surface area contributed by atoms with E-state index in [4.69, 9.17) is 9.47 Å². The van der Waals surface area contributed by atoms with Crippen LogP contribution < -0.4 is 10.1 Å². The Morgan fingerprint density at radius 1 is 1.11 bits per heavy atom. The third kappa shape index (κ3) is 5.59. The predicted octanol–water partition coefficient (Wildman–Crippen LogP) is 4.15. The monoisotopic (exact) mass is 408 g/mol. The normalized spacial score (nSPS) is 18.9. The van der Waals surface area contributed by atoms with Crippen LogP contribution in [0.15, 0.2) is 48.5 Å². The Morgan fingerprint density at radius 3 is 2.46 bits per heavy atom.